The first kappa shape index (κ1) is 14.0. The molecule has 0 spiro atoms. The molecule has 1 aliphatic rings. The largest absolute Gasteiger partial charge is 0.356 e. The van der Waals surface area contributed by atoms with E-state index in [4.69, 9.17) is 0 Å². The Morgan fingerprint density at radius 1 is 1.53 bits per heavy atom. The molecule has 1 aromatic rings. The predicted molar refractivity (Wildman–Crippen MR) is 72.4 cm³/mol. The highest BCUT2D eigenvalue weighted by Crippen LogP contribution is 2.21. The number of piperidine rings is 1. The Morgan fingerprint density at radius 2 is 2.37 bits per heavy atom. The maximum absolute atomic E-state index is 11.8. The molecule has 1 saturated heterocycles. The second kappa shape index (κ2) is 6.65. The third kappa shape index (κ3) is 3.76. The van der Waals surface area contributed by atoms with Crippen LogP contribution in [-0.2, 0) is 18.4 Å². The van der Waals surface area contributed by atoms with Gasteiger partial charge in [0, 0.05) is 32.6 Å². The van der Waals surface area contributed by atoms with Crippen molar-refractivity contribution in [2.24, 2.45) is 7.05 Å². The van der Waals surface area contributed by atoms with Crippen molar-refractivity contribution in [2.75, 3.05) is 13.1 Å². The Labute approximate surface area is 114 Å². The van der Waals surface area contributed by atoms with Gasteiger partial charge in [-0.15, -0.1) is 5.10 Å². The van der Waals surface area contributed by atoms with Gasteiger partial charge in [-0.25, -0.2) is 0 Å². The third-order valence-corrected chi connectivity index (χ3v) is 3.72. The van der Waals surface area contributed by atoms with Crippen LogP contribution in [0.25, 0.3) is 0 Å². The van der Waals surface area contributed by atoms with Gasteiger partial charge in [-0.1, -0.05) is 11.6 Å². The highest BCUT2D eigenvalue weighted by atomic mass is 16.1. The summed E-state index contributed by atoms with van der Waals surface area (Å²) < 4.78 is 1.80. The minimum atomic E-state index is 0.155. The maximum Gasteiger partial charge on any atom is 0.221 e. The first-order valence-corrected chi connectivity index (χ1v) is 7.05. The van der Waals surface area contributed by atoms with Gasteiger partial charge in [0.05, 0.1) is 11.9 Å². The molecule has 6 nitrogen and oxygen atoms in total. The number of amides is 1. The quantitative estimate of drug-likeness (QED) is 0.851. The molecule has 1 N–H and O–H groups in total. The number of aromatic nitrogens is 3. The summed E-state index contributed by atoms with van der Waals surface area (Å²) in [6.45, 7) is 4.54. The Bertz CT molecular complexity index is 417. The van der Waals surface area contributed by atoms with Crippen molar-refractivity contribution in [1.29, 1.82) is 0 Å². The number of hydrogen-bond acceptors (Lipinski definition) is 4. The molecule has 0 aromatic carbocycles. The molecule has 19 heavy (non-hydrogen) atoms. The first-order valence-electron chi connectivity index (χ1n) is 7.05. The van der Waals surface area contributed by atoms with Crippen molar-refractivity contribution in [3.8, 4) is 0 Å². The summed E-state index contributed by atoms with van der Waals surface area (Å²) in [5.74, 6) is 0.155. The van der Waals surface area contributed by atoms with Gasteiger partial charge in [-0.2, -0.15) is 0 Å². The van der Waals surface area contributed by atoms with Gasteiger partial charge in [-0.3, -0.25) is 14.4 Å². The summed E-state index contributed by atoms with van der Waals surface area (Å²) in [6, 6.07) is 0.343. The number of hydrogen-bond donors (Lipinski definition) is 1. The van der Waals surface area contributed by atoms with Crippen molar-refractivity contribution in [1.82, 2.24) is 25.2 Å². The number of aryl methyl sites for hydroxylation is 1. The number of nitrogens with zero attached hydrogens (tertiary/aromatic N) is 4. The van der Waals surface area contributed by atoms with Crippen LogP contribution < -0.4 is 5.32 Å². The molecule has 1 unspecified atom stereocenters. The van der Waals surface area contributed by atoms with Crippen molar-refractivity contribution < 1.29 is 4.79 Å². The van der Waals surface area contributed by atoms with E-state index < -0.39 is 0 Å². The molecule has 2 rings (SSSR count). The lowest BCUT2D eigenvalue weighted by atomic mass is 9.98. The zero-order chi connectivity index (χ0) is 13.7. The van der Waals surface area contributed by atoms with Crippen LogP contribution >= 0.6 is 0 Å². The van der Waals surface area contributed by atoms with Crippen molar-refractivity contribution >= 4 is 5.91 Å². The smallest absolute Gasteiger partial charge is 0.221 e. The summed E-state index contributed by atoms with van der Waals surface area (Å²) in [5.41, 5.74) is 1.10. The summed E-state index contributed by atoms with van der Waals surface area (Å²) in [6.07, 6.45) is 5.92. The van der Waals surface area contributed by atoms with E-state index in [1.165, 1.54) is 12.8 Å². The molecule has 1 fully saturated rings. The number of carbonyl (C=O) groups excluding carboxylic acids is 1. The molecule has 1 aromatic heterocycles. The van der Waals surface area contributed by atoms with Gasteiger partial charge in [0.25, 0.3) is 0 Å². The van der Waals surface area contributed by atoms with Crippen molar-refractivity contribution in [2.45, 2.75) is 45.2 Å². The fourth-order valence-electron chi connectivity index (χ4n) is 2.64. The molecule has 0 saturated carbocycles. The third-order valence-electron chi connectivity index (χ3n) is 3.72. The minimum absolute atomic E-state index is 0.155. The second-order valence-corrected chi connectivity index (χ2v) is 5.13. The summed E-state index contributed by atoms with van der Waals surface area (Å²) in [4.78, 5) is 14.1. The van der Waals surface area contributed by atoms with E-state index in [0.29, 0.717) is 19.0 Å². The minimum Gasteiger partial charge on any atom is -0.356 e. The average Bonchev–Trinajstić information content (AvgIpc) is 2.78. The standard InChI is InChI=1S/C13H23N5O/c1-3-14-13(19)8-11-6-4-5-7-18(11)10-12-9-15-16-17(12)2/h9,11H,3-8,10H2,1-2H3,(H,14,19). The second-order valence-electron chi connectivity index (χ2n) is 5.13. The Kier molecular flexibility index (Phi) is 4.90. The van der Waals surface area contributed by atoms with Crippen LogP contribution in [-0.4, -0.2) is 44.9 Å². The van der Waals surface area contributed by atoms with Crippen molar-refractivity contribution in [3.63, 3.8) is 0 Å². The topological polar surface area (TPSA) is 63.1 Å². The monoisotopic (exact) mass is 265 g/mol. The van der Waals surface area contributed by atoms with Crippen LogP contribution in [0, 0.1) is 0 Å². The Balaban J connectivity index is 1.96. The van der Waals surface area contributed by atoms with Crippen molar-refractivity contribution in [3.05, 3.63) is 11.9 Å². The molecule has 6 heteroatoms. The van der Waals surface area contributed by atoms with Gasteiger partial charge >= 0.3 is 0 Å². The molecule has 1 atom stereocenters. The van der Waals surface area contributed by atoms with E-state index in [2.05, 4.69) is 20.5 Å². The predicted octanol–water partition coefficient (Wildman–Crippen LogP) is 0.696. The molecule has 0 bridgehead atoms. The lowest BCUT2D eigenvalue weighted by Gasteiger charge is -2.35. The van der Waals surface area contributed by atoms with E-state index in [-0.39, 0.29) is 5.91 Å². The molecular weight excluding hydrogens is 242 g/mol. The average molecular weight is 265 g/mol. The fourth-order valence-corrected chi connectivity index (χ4v) is 2.64. The molecule has 1 amide bonds. The Morgan fingerprint density at radius 3 is 3.05 bits per heavy atom. The van der Waals surface area contributed by atoms with E-state index in [1.54, 1.807) is 10.9 Å². The van der Waals surface area contributed by atoms with Crippen LogP contribution in [0.1, 0.15) is 38.3 Å². The number of likely N-dealkylation sites (tertiary alicyclic amines) is 1. The first-order chi connectivity index (χ1) is 9.20. The maximum atomic E-state index is 11.8. The number of carbonyl (C=O) groups is 1. The normalized spacial score (nSPS) is 20.4. The van der Waals surface area contributed by atoms with Crippen LogP contribution in [0.2, 0.25) is 0 Å². The van der Waals surface area contributed by atoms with Crippen LogP contribution in [0.5, 0.6) is 0 Å². The molecule has 2 heterocycles. The van der Waals surface area contributed by atoms with Gasteiger partial charge in [0.2, 0.25) is 5.91 Å². The summed E-state index contributed by atoms with van der Waals surface area (Å²) >= 11 is 0. The lowest BCUT2D eigenvalue weighted by molar-refractivity contribution is -0.122. The van der Waals surface area contributed by atoms with Gasteiger partial charge in [0.15, 0.2) is 0 Å². The van der Waals surface area contributed by atoms with Crippen LogP contribution in [0.3, 0.4) is 0 Å². The van der Waals surface area contributed by atoms with E-state index in [1.807, 2.05) is 14.0 Å². The zero-order valence-electron chi connectivity index (χ0n) is 11.8. The number of nitrogens with one attached hydrogen (secondary N) is 1. The van der Waals surface area contributed by atoms with Gasteiger partial charge in [-0.05, 0) is 26.3 Å². The fraction of sp³-hybridized carbons (Fsp3) is 0.769. The van der Waals surface area contributed by atoms with Crippen LogP contribution in [0.4, 0.5) is 0 Å². The van der Waals surface area contributed by atoms with E-state index in [0.717, 1.165) is 25.2 Å². The number of rotatable bonds is 5. The zero-order valence-corrected chi connectivity index (χ0v) is 11.8. The molecular formula is C13H23N5O. The lowest BCUT2D eigenvalue weighted by Crippen LogP contribution is -2.42. The SMILES string of the molecule is CCNC(=O)CC1CCCCN1Cc1cnnn1C. The molecule has 0 radical (unpaired) electrons. The highest BCUT2D eigenvalue weighted by molar-refractivity contribution is 5.76. The van der Waals surface area contributed by atoms with E-state index in [9.17, 15) is 4.79 Å². The Hall–Kier alpha value is -1.43. The molecule has 0 aliphatic carbocycles. The van der Waals surface area contributed by atoms with E-state index >= 15 is 0 Å². The molecule has 106 valence electrons. The summed E-state index contributed by atoms with van der Waals surface area (Å²) in [5, 5.41) is 10.8. The van der Waals surface area contributed by atoms with Gasteiger partial charge in [0.1, 0.15) is 0 Å². The van der Waals surface area contributed by atoms with Crippen LogP contribution in [0.15, 0.2) is 6.20 Å². The summed E-state index contributed by atoms with van der Waals surface area (Å²) in [7, 11) is 1.91. The van der Waals surface area contributed by atoms with Gasteiger partial charge < -0.3 is 5.32 Å². The highest BCUT2D eigenvalue weighted by Gasteiger charge is 2.25. The molecule has 1 aliphatic heterocycles.